The fourth-order valence-electron chi connectivity index (χ4n) is 3.00. The zero-order valence-electron chi connectivity index (χ0n) is 8.34. The summed E-state index contributed by atoms with van der Waals surface area (Å²) in [4.78, 5) is 2.72. The molecule has 0 radical (unpaired) electrons. The maximum Gasteiger partial charge on any atom is 0.000989 e. The first kappa shape index (κ1) is 10.2. The van der Waals surface area contributed by atoms with Crippen LogP contribution in [0.2, 0.25) is 0 Å². The van der Waals surface area contributed by atoms with Crippen LogP contribution in [0.25, 0.3) is 0 Å². The van der Waals surface area contributed by atoms with Gasteiger partial charge in [-0.15, -0.1) is 0 Å². The minimum Gasteiger partial charge on any atom is -0.303 e. The lowest BCUT2D eigenvalue weighted by Crippen LogP contribution is -2.43. The SMILES string of the molecule is ICCCN1CC2CCCC(C2)C1. The van der Waals surface area contributed by atoms with Crippen molar-refractivity contribution in [1.29, 1.82) is 0 Å². The van der Waals surface area contributed by atoms with Crippen LogP contribution in [0.3, 0.4) is 0 Å². The van der Waals surface area contributed by atoms with E-state index in [0.29, 0.717) is 0 Å². The average Bonchev–Trinajstić information content (AvgIpc) is 2.14. The van der Waals surface area contributed by atoms with Gasteiger partial charge in [-0.1, -0.05) is 29.0 Å². The van der Waals surface area contributed by atoms with Crippen LogP contribution in [0.5, 0.6) is 0 Å². The van der Waals surface area contributed by atoms with Gasteiger partial charge < -0.3 is 4.90 Å². The summed E-state index contributed by atoms with van der Waals surface area (Å²) in [5.41, 5.74) is 0. The Morgan fingerprint density at radius 2 is 1.85 bits per heavy atom. The number of nitrogens with zero attached hydrogens (tertiary/aromatic N) is 1. The highest BCUT2D eigenvalue weighted by molar-refractivity contribution is 14.1. The Morgan fingerprint density at radius 1 is 1.15 bits per heavy atom. The lowest BCUT2D eigenvalue weighted by molar-refractivity contribution is 0.0868. The minimum absolute atomic E-state index is 1.06. The third kappa shape index (κ3) is 2.82. The van der Waals surface area contributed by atoms with Crippen LogP contribution >= 0.6 is 22.6 Å². The molecule has 2 fully saturated rings. The second-order valence-corrected chi connectivity index (χ2v) is 5.78. The van der Waals surface area contributed by atoms with Gasteiger partial charge in [0.05, 0.1) is 0 Å². The lowest BCUT2D eigenvalue weighted by Gasteiger charge is -2.41. The van der Waals surface area contributed by atoms with E-state index < -0.39 is 0 Å². The molecule has 2 unspecified atom stereocenters. The molecule has 13 heavy (non-hydrogen) atoms. The number of fused-ring (bicyclic) bond motifs is 2. The van der Waals surface area contributed by atoms with Crippen molar-refractivity contribution in [2.24, 2.45) is 11.8 Å². The number of hydrogen-bond acceptors (Lipinski definition) is 1. The Bertz CT molecular complexity index is 148. The van der Waals surface area contributed by atoms with Gasteiger partial charge >= 0.3 is 0 Å². The average molecular weight is 293 g/mol. The molecular formula is C11H20IN. The highest BCUT2D eigenvalue weighted by Gasteiger charge is 2.29. The highest BCUT2D eigenvalue weighted by Crippen LogP contribution is 2.34. The lowest BCUT2D eigenvalue weighted by atomic mass is 9.78. The van der Waals surface area contributed by atoms with Crippen molar-refractivity contribution >= 4 is 22.6 Å². The van der Waals surface area contributed by atoms with Gasteiger partial charge in [0.15, 0.2) is 0 Å². The van der Waals surface area contributed by atoms with Crippen molar-refractivity contribution in [3.63, 3.8) is 0 Å². The zero-order chi connectivity index (χ0) is 9.10. The Kier molecular flexibility index (Phi) is 3.90. The van der Waals surface area contributed by atoms with Crippen LogP contribution in [0.4, 0.5) is 0 Å². The molecule has 0 aromatic heterocycles. The third-order valence-corrected chi connectivity index (χ3v) is 4.29. The molecule has 76 valence electrons. The van der Waals surface area contributed by atoms with E-state index in [1.54, 1.807) is 6.42 Å². The van der Waals surface area contributed by atoms with E-state index in [1.165, 1.54) is 49.7 Å². The number of hydrogen-bond donors (Lipinski definition) is 0. The summed E-state index contributed by atoms with van der Waals surface area (Å²) < 4.78 is 1.32. The van der Waals surface area contributed by atoms with Gasteiger partial charge in [-0.3, -0.25) is 0 Å². The molecule has 2 bridgehead atoms. The molecule has 1 saturated heterocycles. The standard InChI is InChI=1S/C11H20IN/c12-5-2-6-13-8-10-3-1-4-11(7-10)9-13/h10-11H,1-9H2. The number of alkyl halides is 1. The second-order valence-electron chi connectivity index (χ2n) is 4.70. The molecule has 1 heterocycles. The summed E-state index contributed by atoms with van der Waals surface area (Å²) in [7, 11) is 0. The molecule has 0 N–H and O–H groups in total. The van der Waals surface area contributed by atoms with E-state index in [4.69, 9.17) is 0 Å². The van der Waals surface area contributed by atoms with Crippen LogP contribution in [0.15, 0.2) is 0 Å². The maximum atomic E-state index is 2.72. The summed E-state index contributed by atoms with van der Waals surface area (Å²) >= 11 is 2.49. The molecule has 0 aromatic rings. The van der Waals surface area contributed by atoms with Crippen molar-refractivity contribution in [3.05, 3.63) is 0 Å². The number of piperidine rings is 1. The molecular weight excluding hydrogens is 273 g/mol. The molecule has 0 spiro atoms. The number of likely N-dealkylation sites (tertiary alicyclic amines) is 1. The Hall–Kier alpha value is 0.690. The van der Waals surface area contributed by atoms with E-state index in [2.05, 4.69) is 27.5 Å². The molecule has 1 aliphatic carbocycles. The summed E-state index contributed by atoms with van der Waals surface area (Å²) in [6.45, 7) is 4.18. The van der Waals surface area contributed by atoms with Crippen molar-refractivity contribution in [1.82, 2.24) is 4.90 Å². The third-order valence-electron chi connectivity index (χ3n) is 3.53. The van der Waals surface area contributed by atoms with Crippen LogP contribution in [-0.4, -0.2) is 29.0 Å². The highest BCUT2D eigenvalue weighted by atomic mass is 127. The first-order chi connectivity index (χ1) is 6.38. The topological polar surface area (TPSA) is 3.24 Å². The van der Waals surface area contributed by atoms with E-state index >= 15 is 0 Å². The summed E-state index contributed by atoms with van der Waals surface area (Å²) in [5.74, 6) is 2.11. The van der Waals surface area contributed by atoms with Crippen LogP contribution in [-0.2, 0) is 0 Å². The Morgan fingerprint density at radius 3 is 2.46 bits per heavy atom. The quantitative estimate of drug-likeness (QED) is 0.571. The fraction of sp³-hybridized carbons (Fsp3) is 1.00. The molecule has 0 aromatic carbocycles. The van der Waals surface area contributed by atoms with Gasteiger partial charge in [0, 0.05) is 17.5 Å². The normalized spacial score (nSPS) is 34.8. The Labute approximate surface area is 95.4 Å². The molecule has 0 amide bonds. The minimum atomic E-state index is 1.06. The fourth-order valence-corrected chi connectivity index (χ4v) is 3.35. The van der Waals surface area contributed by atoms with Gasteiger partial charge in [-0.2, -0.15) is 0 Å². The van der Waals surface area contributed by atoms with Gasteiger partial charge in [0.2, 0.25) is 0 Å². The van der Waals surface area contributed by atoms with Gasteiger partial charge in [0.25, 0.3) is 0 Å². The van der Waals surface area contributed by atoms with Crippen LogP contribution < -0.4 is 0 Å². The van der Waals surface area contributed by atoms with E-state index in [9.17, 15) is 0 Å². The zero-order valence-corrected chi connectivity index (χ0v) is 10.5. The molecule has 1 nitrogen and oxygen atoms in total. The first-order valence-electron chi connectivity index (χ1n) is 5.67. The van der Waals surface area contributed by atoms with Crippen LogP contribution in [0, 0.1) is 11.8 Å². The maximum absolute atomic E-state index is 2.72. The summed E-state index contributed by atoms with van der Waals surface area (Å²) in [6.07, 6.45) is 7.46. The number of rotatable bonds is 3. The van der Waals surface area contributed by atoms with E-state index in [-0.39, 0.29) is 0 Å². The first-order valence-corrected chi connectivity index (χ1v) is 7.19. The van der Waals surface area contributed by atoms with E-state index in [1.807, 2.05) is 0 Å². The molecule has 2 atom stereocenters. The van der Waals surface area contributed by atoms with Crippen molar-refractivity contribution in [3.8, 4) is 0 Å². The largest absolute Gasteiger partial charge is 0.303 e. The van der Waals surface area contributed by atoms with Crippen LogP contribution in [0.1, 0.15) is 32.1 Å². The summed E-state index contributed by atoms with van der Waals surface area (Å²) in [6, 6.07) is 0. The predicted octanol–water partition coefficient (Wildman–Crippen LogP) is 2.93. The Balaban J connectivity index is 1.80. The van der Waals surface area contributed by atoms with Crippen molar-refractivity contribution in [2.45, 2.75) is 32.1 Å². The van der Waals surface area contributed by atoms with Crippen molar-refractivity contribution < 1.29 is 0 Å². The smallest absolute Gasteiger partial charge is 0.000989 e. The predicted molar refractivity (Wildman–Crippen MR) is 65.4 cm³/mol. The monoisotopic (exact) mass is 293 g/mol. The van der Waals surface area contributed by atoms with Crippen molar-refractivity contribution in [2.75, 3.05) is 24.1 Å². The van der Waals surface area contributed by atoms with E-state index in [0.717, 1.165) is 11.8 Å². The van der Waals surface area contributed by atoms with Gasteiger partial charge in [-0.25, -0.2) is 0 Å². The second kappa shape index (κ2) is 4.96. The van der Waals surface area contributed by atoms with Gasteiger partial charge in [0.1, 0.15) is 0 Å². The molecule has 2 rings (SSSR count). The number of halogens is 1. The summed E-state index contributed by atoms with van der Waals surface area (Å²) in [5, 5.41) is 0. The molecule has 2 aliphatic rings. The molecule has 1 aliphatic heterocycles. The molecule has 1 saturated carbocycles. The molecule has 2 heteroatoms. The van der Waals surface area contributed by atoms with Gasteiger partial charge in [-0.05, 0) is 44.1 Å².